The Balaban J connectivity index is 1.55. The zero-order valence-corrected chi connectivity index (χ0v) is 20.9. The van der Waals surface area contributed by atoms with Crippen molar-refractivity contribution in [3.63, 3.8) is 0 Å². The minimum Gasteiger partial charge on any atom is -0.467 e. The summed E-state index contributed by atoms with van der Waals surface area (Å²) in [6.07, 6.45) is 2.26. The van der Waals surface area contributed by atoms with Crippen molar-refractivity contribution in [2.24, 2.45) is 0 Å². The van der Waals surface area contributed by atoms with Crippen LogP contribution in [0.1, 0.15) is 44.8 Å². The molecule has 5 rings (SSSR count). The highest BCUT2D eigenvalue weighted by Gasteiger charge is 2.45. The molecule has 1 aliphatic rings. The second-order valence-electron chi connectivity index (χ2n) is 8.71. The van der Waals surface area contributed by atoms with Gasteiger partial charge in [-0.25, -0.2) is 0 Å². The van der Waals surface area contributed by atoms with Gasteiger partial charge >= 0.3 is 0 Å². The molecular formula is C29H24Cl2N2O3. The number of rotatable bonds is 7. The van der Waals surface area contributed by atoms with E-state index in [0.717, 1.165) is 5.56 Å². The molecule has 1 N–H and O–H groups in total. The third-order valence-corrected chi connectivity index (χ3v) is 7.03. The quantitative estimate of drug-likeness (QED) is 0.306. The number of halogens is 2. The highest BCUT2D eigenvalue weighted by Crippen LogP contribution is 2.45. The number of amides is 2. The number of benzene rings is 3. The number of fused-ring (bicyclic) bond motifs is 1. The van der Waals surface area contributed by atoms with Crippen LogP contribution in [0.15, 0.2) is 95.6 Å². The molecule has 182 valence electrons. The van der Waals surface area contributed by atoms with Crippen molar-refractivity contribution in [3.05, 3.63) is 129 Å². The lowest BCUT2D eigenvalue weighted by molar-refractivity contribution is -0.124. The highest BCUT2D eigenvalue weighted by atomic mass is 35.5. The maximum atomic E-state index is 13.8. The Kier molecular flexibility index (Phi) is 7.12. The minimum absolute atomic E-state index is 0.175. The number of furan rings is 1. The summed E-state index contributed by atoms with van der Waals surface area (Å²) in [6.45, 7) is 0.659. The fraction of sp³-hybridized carbons (Fsp3) is 0.172. The largest absolute Gasteiger partial charge is 0.467 e. The Morgan fingerprint density at radius 3 is 2.44 bits per heavy atom. The highest BCUT2D eigenvalue weighted by molar-refractivity contribution is 6.35. The number of carbonyl (C=O) groups is 2. The molecule has 4 aromatic rings. The monoisotopic (exact) mass is 518 g/mol. The molecule has 1 aliphatic heterocycles. The van der Waals surface area contributed by atoms with Gasteiger partial charge in [0.15, 0.2) is 0 Å². The van der Waals surface area contributed by atoms with E-state index < -0.39 is 12.0 Å². The summed E-state index contributed by atoms with van der Waals surface area (Å²) in [5.74, 6) is -0.429. The van der Waals surface area contributed by atoms with Crippen LogP contribution in [0.2, 0.25) is 10.0 Å². The number of carbonyl (C=O) groups excluding carboxylic acids is 2. The zero-order chi connectivity index (χ0) is 25.1. The lowest BCUT2D eigenvalue weighted by atomic mass is 9.79. The smallest absolute Gasteiger partial charge is 0.255 e. The molecule has 5 nitrogen and oxygen atoms in total. The number of hydrogen-bond donors (Lipinski definition) is 1. The van der Waals surface area contributed by atoms with Crippen molar-refractivity contribution in [2.45, 2.75) is 24.9 Å². The molecular weight excluding hydrogens is 495 g/mol. The Morgan fingerprint density at radius 2 is 1.69 bits per heavy atom. The van der Waals surface area contributed by atoms with E-state index in [-0.39, 0.29) is 18.4 Å². The summed E-state index contributed by atoms with van der Waals surface area (Å²) in [7, 11) is 0. The molecule has 7 heteroatoms. The summed E-state index contributed by atoms with van der Waals surface area (Å²) in [5.41, 5.74) is 2.95. The molecule has 0 spiro atoms. The molecule has 2 heterocycles. The van der Waals surface area contributed by atoms with E-state index in [9.17, 15) is 9.59 Å². The summed E-state index contributed by atoms with van der Waals surface area (Å²) in [6, 6.07) is 25.3. The van der Waals surface area contributed by atoms with E-state index in [0.29, 0.717) is 45.5 Å². The van der Waals surface area contributed by atoms with Gasteiger partial charge in [-0.05, 0) is 53.4 Å². The van der Waals surface area contributed by atoms with E-state index >= 15 is 0 Å². The summed E-state index contributed by atoms with van der Waals surface area (Å²) < 4.78 is 5.57. The molecule has 0 unspecified atom stereocenters. The molecule has 36 heavy (non-hydrogen) atoms. The maximum absolute atomic E-state index is 13.8. The fourth-order valence-corrected chi connectivity index (χ4v) is 5.31. The van der Waals surface area contributed by atoms with E-state index in [1.165, 1.54) is 0 Å². The first-order valence-corrected chi connectivity index (χ1v) is 12.5. The average Bonchev–Trinajstić information content (AvgIpc) is 3.40. The van der Waals surface area contributed by atoms with E-state index in [1.54, 1.807) is 41.5 Å². The minimum atomic E-state index is -0.677. The second kappa shape index (κ2) is 10.6. The molecule has 1 aromatic heterocycles. The topological polar surface area (TPSA) is 62.6 Å². The van der Waals surface area contributed by atoms with Crippen LogP contribution in [0.25, 0.3) is 0 Å². The lowest BCUT2D eigenvalue weighted by Crippen LogP contribution is -2.47. The zero-order valence-electron chi connectivity index (χ0n) is 19.4. The van der Waals surface area contributed by atoms with Crippen LogP contribution in [0.4, 0.5) is 0 Å². The van der Waals surface area contributed by atoms with Gasteiger partial charge in [0.25, 0.3) is 5.91 Å². The number of nitrogens with zero attached hydrogens (tertiary/aromatic N) is 1. The van der Waals surface area contributed by atoms with Gasteiger partial charge in [-0.2, -0.15) is 0 Å². The van der Waals surface area contributed by atoms with Crippen molar-refractivity contribution in [1.29, 1.82) is 0 Å². The van der Waals surface area contributed by atoms with Crippen LogP contribution in [0.5, 0.6) is 0 Å². The molecule has 0 radical (unpaired) electrons. The van der Waals surface area contributed by atoms with Crippen molar-refractivity contribution in [3.8, 4) is 0 Å². The predicted molar refractivity (Wildman–Crippen MR) is 140 cm³/mol. The van der Waals surface area contributed by atoms with Gasteiger partial charge < -0.3 is 14.6 Å². The van der Waals surface area contributed by atoms with E-state index in [4.69, 9.17) is 27.6 Å². The van der Waals surface area contributed by atoms with Crippen LogP contribution in [0.3, 0.4) is 0 Å². The number of nitrogens with one attached hydrogen (secondary N) is 1. The second-order valence-corrected chi connectivity index (χ2v) is 9.56. The van der Waals surface area contributed by atoms with Crippen molar-refractivity contribution in [2.75, 3.05) is 6.54 Å². The van der Waals surface area contributed by atoms with Crippen LogP contribution in [0, 0.1) is 0 Å². The van der Waals surface area contributed by atoms with Gasteiger partial charge in [-0.1, -0.05) is 77.8 Å². The van der Waals surface area contributed by atoms with Gasteiger partial charge in [0.2, 0.25) is 5.91 Å². The maximum Gasteiger partial charge on any atom is 0.255 e. The van der Waals surface area contributed by atoms with Crippen LogP contribution in [-0.4, -0.2) is 23.3 Å². The third-order valence-electron chi connectivity index (χ3n) is 6.46. The van der Waals surface area contributed by atoms with E-state index in [1.807, 2.05) is 54.6 Å². The first kappa shape index (κ1) is 24.2. The standard InChI is InChI=1S/C29H24Cl2N2O3/c30-20-12-13-24(25(31)17-20)27-26(28(34)32-15-14-19-7-2-1-3-8-19)22-10-4-5-11-23(22)29(35)33(27)18-21-9-6-16-36-21/h1-13,16-17,26-27H,14-15,18H2,(H,32,34)/t26-,27+/m1/s1. The van der Waals surface area contributed by atoms with E-state index in [2.05, 4.69) is 5.32 Å². The molecule has 0 fully saturated rings. The molecule has 0 saturated carbocycles. The SMILES string of the molecule is O=C(NCCc1ccccc1)[C@@H]1c2ccccc2C(=O)N(Cc2ccco2)[C@H]1c1ccc(Cl)cc1Cl. The summed E-state index contributed by atoms with van der Waals surface area (Å²) in [4.78, 5) is 29.2. The van der Waals surface area contributed by atoms with Gasteiger partial charge in [0, 0.05) is 22.2 Å². The summed E-state index contributed by atoms with van der Waals surface area (Å²) >= 11 is 12.8. The Labute approximate surface area is 219 Å². The predicted octanol–water partition coefficient (Wildman–Crippen LogP) is 6.43. The lowest BCUT2D eigenvalue weighted by Gasteiger charge is -2.41. The van der Waals surface area contributed by atoms with Crippen LogP contribution in [-0.2, 0) is 17.8 Å². The summed E-state index contributed by atoms with van der Waals surface area (Å²) in [5, 5.41) is 3.97. The normalized spacial score (nSPS) is 17.1. The van der Waals surface area contributed by atoms with Gasteiger partial charge in [-0.15, -0.1) is 0 Å². The van der Waals surface area contributed by atoms with Crippen molar-refractivity contribution in [1.82, 2.24) is 10.2 Å². The molecule has 3 aromatic carbocycles. The molecule has 0 bridgehead atoms. The number of hydrogen-bond acceptors (Lipinski definition) is 3. The van der Waals surface area contributed by atoms with Crippen molar-refractivity contribution >= 4 is 35.0 Å². The van der Waals surface area contributed by atoms with Gasteiger partial charge in [-0.3, -0.25) is 9.59 Å². The molecule has 0 saturated heterocycles. The first-order valence-electron chi connectivity index (χ1n) is 11.7. The van der Waals surface area contributed by atoms with Gasteiger partial charge in [0.1, 0.15) is 5.76 Å². The Morgan fingerprint density at radius 1 is 0.917 bits per heavy atom. The van der Waals surface area contributed by atoms with Crippen molar-refractivity contribution < 1.29 is 14.0 Å². The Bertz CT molecular complexity index is 1370. The van der Waals surface area contributed by atoms with Crippen LogP contribution >= 0.6 is 23.2 Å². The van der Waals surface area contributed by atoms with Gasteiger partial charge in [0.05, 0.1) is 24.8 Å². The molecule has 2 amide bonds. The molecule has 2 atom stereocenters. The first-order chi connectivity index (χ1) is 17.5. The fourth-order valence-electron chi connectivity index (χ4n) is 4.79. The molecule has 0 aliphatic carbocycles. The third kappa shape index (κ3) is 4.90. The Hall–Kier alpha value is -3.54. The average molecular weight is 519 g/mol. The van der Waals surface area contributed by atoms with Crippen LogP contribution < -0.4 is 5.32 Å².